The fourth-order valence-electron chi connectivity index (χ4n) is 1.98. The van der Waals surface area contributed by atoms with E-state index in [0.29, 0.717) is 22.8 Å². The molecule has 0 saturated heterocycles. The summed E-state index contributed by atoms with van der Waals surface area (Å²) in [7, 11) is 1.81. The summed E-state index contributed by atoms with van der Waals surface area (Å²) < 4.78 is 15.9. The summed E-state index contributed by atoms with van der Waals surface area (Å²) in [6.45, 7) is 3.73. The number of aromatic amines is 1. The summed E-state index contributed by atoms with van der Waals surface area (Å²) in [4.78, 5) is 11.4. The van der Waals surface area contributed by atoms with Crippen LogP contribution in [0.1, 0.15) is 11.5 Å². The highest BCUT2D eigenvalue weighted by Gasteiger charge is 2.12. The number of hydrogen-bond donors (Lipinski definition) is 1. The van der Waals surface area contributed by atoms with Crippen LogP contribution in [0.25, 0.3) is 22.8 Å². The van der Waals surface area contributed by atoms with Gasteiger partial charge in [-0.3, -0.25) is 4.68 Å². The molecule has 0 saturated carbocycles. The van der Waals surface area contributed by atoms with Crippen molar-refractivity contribution in [2.45, 2.75) is 13.8 Å². The Hall–Kier alpha value is -2.50. The van der Waals surface area contributed by atoms with Crippen molar-refractivity contribution in [3.05, 3.63) is 41.7 Å². The summed E-state index contributed by atoms with van der Waals surface area (Å²) in [5.74, 6) is 1.48. The van der Waals surface area contributed by atoms with Crippen LogP contribution in [0, 0.1) is 19.7 Å². The van der Waals surface area contributed by atoms with Crippen molar-refractivity contribution in [3.8, 4) is 22.8 Å². The number of nitrogens with zero attached hydrogens (tertiary/aromatic N) is 4. The molecule has 0 atom stereocenters. The van der Waals surface area contributed by atoms with E-state index in [1.807, 2.05) is 20.9 Å². The molecule has 1 N–H and O–H groups in total. The largest absolute Gasteiger partial charge is 0.342 e. The van der Waals surface area contributed by atoms with E-state index in [9.17, 15) is 4.39 Å². The van der Waals surface area contributed by atoms with Crippen molar-refractivity contribution in [2.75, 3.05) is 0 Å². The van der Waals surface area contributed by atoms with Gasteiger partial charge in [-0.2, -0.15) is 5.10 Å². The number of benzene rings is 1. The number of rotatable bonds is 2. The fourth-order valence-corrected chi connectivity index (χ4v) is 1.98. The van der Waals surface area contributed by atoms with Crippen molar-refractivity contribution in [2.24, 2.45) is 7.05 Å². The Labute approximate surface area is 115 Å². The average molecular weight is 271 g/mol. The van der Waals surface area contributed by atoms with Crippen molar-refractivity contribution in [3.63, 3.8) is 0 Å². The predicted molar refractivity (Wildman–Crippen MR) is 73.5 cm³/mol. The van der Waals surface area contributed by atoms with Crippen LogP contribution < -0.4 is 0 Å². The van der Waals surface area contributed by atoms with E-state index >= 15 is 0 Å². The van der Waals surface area contributed by atoms with E-state index in [-0.39, 0.29) is 5.82 Å². The molecule has 6 heteroatoms. The van der Waals surface area contributed by atoms with Crippen LogP contribution in [-0.4, -0.2) is 24.7 Å². The molecule has 0 spiro atoms. The van der Waals surface area contributed by atoms with E-state index in [1.54, 1.807) is 23.0 Å². The second-order valence-corrected chi connectivity index (χ2v) is 4.72. The van der Waals surface area contributed by atoms with Gasteiger partial charge in [0.1, 0.15) is 17.5 Å². The van der Waals surface area contributed by atoms with Crippen LogP contribution in [0.3, 0.4) is 0 Å². The molecule has 1 aromatic carbocycles. The van der Waals surface area contributed by atoms with E-state index < -0.39 is 0 Å². The molecule has 3 aromatic rings. The lowest BCUT2D eigenvalue weighted by molar-refractivity contribution is 0.630. The van der Waals surface area contributed by atoms with Crippen LogP contribution in [-0.2, 0) is 7.05 Å². The molecule has 0 fully saturated rings. The molecule has 0 amide bonds. The number of H-pyrrole nitrogens is 1. The zero-order chi connectivity index (χ0) is 14.3. The minimum atomic E-state index is -0.345. The first-order valence-electron chi connectivity index (χ1n) is 6.24. The summed E-state index contributed by atoms with van der Waals surface area (Å²) >= 11 is 0. The molecule has 0 aliphatic carbocycles. The lowest BCUT2D eigenvalue weighted by Gasteiger charge is -2.01. The number of imidazole rings is 1. The Morgan fingerprint density at radius 2 is 2.05 bits per heavy atom. The molecule has 102 valence electrons. The maximum absolute atomic E-state index is 14.2. The number of hydrogen-bond acceptors (Lipinski definition) is 3. The standard InChI is InChI=1S/C14H14FN5/c1-8-7-16-14(17-8)11-5-4-10(6-12(11)15)13-18-9(2)20(3)19-13/h4-7H,1-3H3,(H,16,17). The Morgan fingerprint density at radius 3 is 2.60 bits per heavy atom. The Morgan fingerprint density at radius 1 is 1.25 bits per heavy atom. The van der Waals surface area contributed by atoms with Gasteiger partial charge in [0.15, 0.2) is 5.82 Å². The molecular formula is C14H14FN5. The Kier molecular flexibility index (Phi) is 2.85. The van der Waals surface area contributed by atoms with E-state index in [0.717, 1.165) is 11.5 Å². The Bertz CT molecular complexity index is 752. The van der Waals surface area contributed by atoms with Crippen molar-refractivity contribution >= 4 is 0 Å². The number of nitrogens with one attached hydrogen (secondary N) is 1. The van der Waals surface area contributed by atoms with Crippen molar-refractivity contribution in [1.82, 2.24) is 24.7 Å². The molecule has 2 heterocycles. The predicted octanol–water partition coefficient (Wildman–Crippen LogP) is 2.63. The van der Waals surface area contributed by atoms with E-state index in [2.05, 4.69) is 20.1 Å². The minimum Gasteiger partial charge on any atom is -0.342 e. The molecule has 2 aromatic heterocycles. The molecule has 3 rings (SSSR count). The molecule has 0 aliphatic heterocycles. The second kappa shape index (κ2) is 4.56. The first kappa shape index (κ1) is 12.5. The van der Waals surface area contributed by atoms with E-state index in [4.69, 9.17) is 0 Å². The summed E-state index contributed by atoms with van der Waals surface area (Å²) in [6, 6.07) is 4.92. The van der Waals surface area contributed by atoms with Gasteiger partial charge in [-0.05, 0) is 26.0 Å². The van der Waals surface area contributed by atoms with Gasteiger partial charge >= 0.3 is 0 Å². The van der Waals surface area contributed by atoms with Gasteiger partial charge in [0.25, 0.3) is 0 Å². The van der Waals surface area contributed by atoms with Crippen LogP contribution in [0.2, 0.25) is 0 Å². The first-order valence-corrected chi connectivity index (χ1v) is 6.24. The number of aromatic nitrogens is 5. The minimum absolute atomic E-state index is 0.345. The number of aryl methyl sites for hydroxylation is 3. The molecular weight excluding hydrogens is 257 g/mol. The van der Waals surface area contributed by atoms with Gasteiger partial charge in [0, 0.05) is 24.5 Å². The highest BCUT2D eigenvalue weighted by Crippen LogP contribution is 2.24. The number of halogens is 1. The van der Waals surface area contributed by atoms with Crippen molar-refractivity contribution < 1.29 is 4.39 Å². The quantitative estimate of drug-likeness (QED) is 0.779. The molecule has 0 aliphatic rings. The third-order valence-corrected chi connectivity index (χ3v) is 3.17. The van der Waals surface area contributed by atoms with Crippen LogP contribution >= 0.6 is 0 Å². The first-order chi connectivity index (χ1) is 9.54. The lowest BCUT2D eigenvalue weighted by atomic mass is 10.1. The molecule has 0 bridgehead atoms. The maximum Gasteiger partial charge on any atom is 0.181 e. The van der Waals surface area contributed by atoms with Gasteiger partial charge < -0.3 is 4.98 Å². The maximum atomic E-state index is 14.2. The topological polar surface area (TPSA) is 59.4 Å². The van der Waals surface area contributed by atoms with Gasteiger partial charge in [0.2, 0.25) is 0 Å². The molecule has 5 nitrogen and oxygen atoms in total. The van der Waals surface area contributed by atoms with Gasteiger partial charge in [-0.1, -0.05) is 6.07 Å². The zero-order valence-electron chi connectivity index (χ0n) is 11.5. The van der Waals surface area contributed by atoms with Crippen LogP contribution in [0.4, 0.5) is 4.39 Å². The highest BCUT2D eigenvalue weighted by molar-refractivity contribution is 5.64. The van der Waals surface area contributed by atoms with Gasteiger partial charge in [0.05, 0.1) is 5.56 Å². The zero-order valence-corrected chi connectivity index (χ0v) is 11.5. The van der Waals surface area contributed by atoms with Gasteiger partial charge in [-0.25, -0.2) is 14.4 Å². The third kappa shape index (κ3) is 2.09. The fraction of sp³-hybridized carbons (Fsp3) is 0.214. The second-order valence-electron chi connectivity index (χ2n) is 4.72. The van der Waals surface area contributed by atoms with E-state index in [1.165, 1.54) is 6.07 Å². The summed E-state index contributed by atoms with van der Waals surface area (Å²) in [5, 5.41) is 4.24. The summed E-state index contributed by atoms with van der Waals surface area (Å²) in [5.41, 5.74) is 1.98. The highest BCUT2D eigenvalue weighted by atomic mass is 19.1. The van der Waals surface area contributed by atoms with Crippen LogP contribution in [0.15, 0.2) is 24.4 Å². The molecule has 20 heavy (non-hydrogen) atoms. The third-order valence-electron chi connectivity index (χ3n) is 3.17. The smallest absolute Gasteiger partial charge is 0.181 e. The SMILES string of the molecule is Cc1cnc(-c2ccc(-c3nc(C)n(C)n3)cc2F)[nH]1. The molecule has 0 radical (unpaired) electrons. The Balaban J connectivity index is 2.03. The van der Waals surface area contributed by atoms with Crippen LogP contribution in [0.5, 0.6) is 0 Å². The lowest BCUT2D eigenvalue weighted by Crippen LogP contribution is -1.93. The monoisotopic (exact) mass is 271 g/mol. The van der Waals surface area contributed by atoms with Gasteiger partial charge in [-0.15, -0.1) is 0 Å². The average Bonchev–Trinajstić information content (AvgIpc) is 2.97. The van der Waals surface area contributed by atoms with Crippen molar-refractivity contribution in [1.29, 1.82) is 0 Å². The molecule has 0 unspecified atom stereocenters. The normalized spacial score (nSPS) is 11.0. The summed E-state index contributed by atoms with van der Waals surface area (Å²) in [6.07, 6.45) is 1.67.